The van der Waals surface area contributed by atoms with Crippen molar-refractivity contribution in [1.82, 2.24) is 4.98 Å². The van der Waals surface area contributed by atoms with Crippen molar-refractivity contribution < 1.29 is 9.47 Å². The molecule has 0 saturated carbocycles. The van der Waals surface area contributed by atoms with Crippen LogP contribution < -0.4 is 10.5 Å². The number of hydrogen-bond donors (Lipinski definition) is 1. The Kier molecular flexibility index (Phi) is 4.71. The average molecular weight is 280 g/mol. The van der Waals surface area contributed by atoms with Gasteiger partial charge in [0.1, 0.15) is 11.1 Å². The van der Waals surface area contributed by atoms with Crippen molar-refractivity contribution in [3.63, 3.8) is 0 Å². The molecule has 0 bridgehead atoms. The summed E-state index contributed by atoms with van der Waals surface area (Å²) in [7, 11) is 0. The molecule has 0 amide bonds. The van der Waals surface area contributed by atoms with Gasteiger partial charge in [0, 0.05) is 12.3 Å². The molecular weight excluding hydrogens is 260 g/mol. The lowest BCUT2D eigenvalue weighted by Crippen LogP contribution is -2.22. The number of aromatic nitrogens is 1. The van der Waals surface area contributed by atoms with E-state index in [0.29, 0.717) is 24.1 Å². The molecule has 1 unspecified atom stereocenters. The van der Waals surface area contributed by atoms with Crippen LogP contribution in [-0.2, 0) is 17.6 Å². The molecule has 1 aliphatic rings. The van der Waals surface area contributed by atoms with Crippen LogP contribution in [0.25, 0.3) is 0 Å². The van der Waals surface area contributed by atoms with Crippen LogP contribution >= 0.6 is 12.2 Å². The zero-order valence-electron chi connectivity index (χ0n) is 11.4. The number of ether oxygens (including phenoxy) is 2. The van der Waals surface area contributed by atoms with E-state index in [9.17, 15) is 0 Å². The van der Waals surface area contributed by atoms with Gasteiger partial charge in [-0.05, 0) is 44.7 Å². The Balaban J connectivity index is 2.20. The predicted octanol–water partition coefficient (Wildman–Crippen LogP) is 2.01. The molecule has 0 spiro atoms. The molecular formula is C14H20N2O2S. The summed E-state index contributed by atoms with van der Waals surface area (Å²) in [6.07, 6.45) is 3.12. The lowest BCUT2D eigenvalue weighted by molar-refractivity contribution is 0.0632. The lowest BCUT2D eigenvalue weighted by Gasteiger charge is -2.17. The highest BCUT2D eigenvalue weighted by atomic mass is 32.1. The molecule has 0 fully saturated rings. The molecule has 4 nitrogen and oxygen atoms in total. The Morgan fingerprint density at radius 3 is 3.00 bits per heavy atom. The molecule has 19 heavy (non-hydrogen) atoms. The maximum absolute atomic E-state index is 5.83. The first kappa shape index (κ1) is 14.2. The van der Waals surface area contributed by atoms with Crippen molar-refractivity contribution >= 4 is 17.2 Å². The third-order valence-electron chi connectivity index (χ3n) is 3.15. The number of rotatable bonds is 6. The SMILES string of the molecule is CCOCC(C)Oc1nc2c(cc1C(N)=S)CCC2. The summed E-state index contributed by atoms with van der Waals surface area (Å²) in [4.78, 5) is 4.91. The number of hydrogen-bond acceptors (Lipinski definition) is 4. The van der Waals surface area contributed by atoms with Crippen LogP contribution in [0.4, 0.5) is 0 Å². The monoisotopic (exact) mass is 280 g/mol. The van der Waals surface area contributed by atoms with E-state index < -0.39 is 0 Å². The quantitative estimate of drug-likeness (QED) is 0.808. The second kappa shape index (κ2) is 6.30. The number of aryl methyl sites for hydroxylation is 2. The summed E-state index contributed by atoms with van der Waals surface area (Å²) in [5.41, 5.74) is 8.85. The molecule has 1 heterocycles. The second-order valence-electron chi connectivity index (χ2n) is 4.75. The average Bonchev–Trinajstić information content (AvgIpc) is 2.82. The summed E-state index contributed by atoms with van der Waals surface area (Å²) < 4.78 is 11.2. The Labute approximate surface area is 119 Å². The van der Waals surface area contributed by atoms with Gasteiger partial charge in [0.25, 0.3) is 0 Å². The summed E-state index contributed by atoms with van der Waals surface area (Å²) in [5, 5.41) is 0. The molecule has 1 aromatic heterocycles. The first-order valence-corrected chi connectivity index (χ1v) is 7.09. The van der Waals surface area contributed by atoms with Gasteiger partial charge in [-0.2, -0.15) is 0 Å². The maximum Gasteiger partial charge on any atom is 0.224 e. The Hall–Kier alpha value is -1.20. The molecule has 0 saturated heterocycles. The van der Waals surface area contributed by atoms with Gasteiger partial charge in [-0.1, -0.05) is 12.2 Å². The van der Waals surface area contributed by atoms with E-state index in [2.05, 4.69) is 4.98 Å². The van der Waals surface area contributed by atoms with Crippen LogP contribution in [0.3, 0.4) is 0 Å². The minimum absolute atomic E-state index is 0.0694. The van der Waals surface area contributed by atoms with E-state index >= 15 is 0 Å². The molecule has 1 aliphatic carbocycles. The van der Waals surface area contributed by atoms with E-state index in [1.165, 1.54) is 5.56 Å². The van der Waals surface area contributed by atoms with Crippen LogP contribution in [0.2, 0.25) is 0 Å². The van der Waals surface area contributed by atoms with Gasteiger partial charge < -0.3 is 15.2 Å². The van der Waals surface area contributed by atoms with Crippen molar-refractivity contribution in [3.8, 4) is 5.88 Å². The summed E-state index contributed by atoms with van der Waals surface area (Å²) in [6.45, 7) is 5.12. The summed E-state index contributed by atoms with van der Waals surface area (Å²) in [6, 6.07) is 2.03. The smallest absolute Gasteiger partial charge is 0.224 e. The number of nitrogens with zero attached hydrogens (tertiary/aromatic N) is 1. The Morgan fingerprint density at radius 2 is 2.32 bits per heavy atom. The number of thiocarbonyl (C=S) groups is 1. The van der Waals surface area contributed by atoms with E-state index in [1.807, 2.05) is 19.9 Å². The predicted molar refractivity (Wildman–Crippen MR) is 78.7 cm³/mol. The molecule has 0 aromatic carbocycles. The molecule has 5 heteroatoms. The fraction of sp³-hybridized carbons (Fsp3) is 0.571. The van der Waals surface area contributed by atoms with Crippen molar-refractivity contribution in [1.29, 1.82) is 0 Å². The van der Waals surface area contributed by atoms with Crippen molar-refractivity contribution in [2.45, 2.75) is 39.2 Å². The van der Waals surface area contributed by atoms with Gasteiger partial charge in [-0.15, -0.1) is 0 Å². The van der Waals surface area contributed by atoms with Crippen LogP contribution in [0.15, 0.2) is 6.07 Å². The Morgan fingerprint density at radius 1 is 1.53 bits per heavy atom. The van der Waals surface area contributed by atoms with Gasteiger partial charge in [0.15, 0.2) is 0 Å². The largest absolute Gasteiger partial charge is 0.472 e. The van der Waals surface area contributed by atoms with E-state index in [1.54, 1.807) is 0 Å². The normalized spacial score (nSPS) is 15.1. The third kappa shape index (κ3) is 3.42. The minimum atomic E-state index is -0.0694. The zero-order valence-corrected chi connectivity index (χ0v) is 12.3. The molecule has 0 radical (unpaired) electrons. The van der Waals surface area contributed by atoms with Crippen LogP contribution in [0.5, 0.6) is 5.88 Å². The zero-order chi connectivity index (χ0) is 13.8. The van der Waals surface area contributed by atoms with Crippen LogP contribution in [-0.4, -0.2) is 29.3 Å². The van der Waals surface area contributed by atoms with E-state index in [-0.39, 0.29) is 6.10 Å². The molecule has 1 aromatic rings. The van der Waals surface area contributed by atoms with Gasteiger partial charge >= 0.3 is 0 Å². The molecule has 2 N–H and O–H groups in total. The highest BCUT2D eigenvalue weighted by Crippen LogP contribution is 2.27. The molecule has 0 aliphatic heterocycles. The molecule has 2 rings (SSSR count). The lowest BCUT2D eigenvalue weighted by atomic mass is 10.1. The molecule has 1 atom stereocenters. The van der Waals surface area contributed by atoms with Crippen LogP contribution in [0.1, 0.15) is 37.1 Å². The molecule has 104 valence electrons. The van der Waals surface area contributed by atoms with Crippen molar-refractivity contribution in [3.05, 3.63) is 22.9 Å². The van der Waals surface area contributed by atoms with Crippen molar-refractivity contribution in [2.75, 3.05) is 13.2 Å². The highest BCUT2D eigenvalue weighted by molar-refractivity contribution is 7.80. The first-order valence-electron chi connectivity index (χ1n) is 6.68. The minimum Gasteiger partial charge on any atom is -0.472 e. The number of fused-ring (bicyclic) bond motifs is 1. The third-order valence-corrected chi connectivity index (χ3v) is 3.37. The maximum atomic E-state index is 5.83. The number of pyridine rings is 1. The first-order chi connectivity index (χ1) is 9.11. The second-order valence-corrected chi connectivity index (χ2v) is 5.19. The van der Waals surface area contributed by atoms with Gasteiger partial charge in [-0.3, -0.25) is 0 Å². The van der Waals surface area contributed by atoms with Gasteiger partial charge in [0.05, 0.1) is 12.2 Å². The highest BCUT2D eigenvalue weighted by Gasteiger charge is 2.19. The fourth-order valence-electron chi connectivity index (χ4n) is 2.23. The summed E-state index contributed by atoms with van der Waals surface area (Å²) in [5.74, 6) is 0.542. The van der Waals surface area contributed by atoms with Gasteiger partial charge in [0.2, 0.25) is 5.88 Å². The number of nitrogens with two attached hydrogens (primary N) is 1. The Bertz CT molecular complexity index is 477. The fourth-order valence-corrected chi connectivity index (χ4v) is 2.37. The summed E-state index contributed by atoms with van der Waals surface area (Å²) >= 11 is 5.09. The van der Waals surface area contributed by atoms with Gasteiger partial charge in [-0.25, -0.2) is 4.98 Å². The van der Waals surface area contributed by atoms with Crippen LogP contribution in [0, 0.1) is 0 Å². The van der Waals surface area contributed by atoms with Crippen molar-refractivity contribution in [2.24, 2.45) is 5.73 Å². The van der Waals surface area contributed by atoms with E-state index in [0.717, 1.165) is 30.5 Å². The van der Waals surface area contributed by atoms with E-state index in [4.69, 9.17) is 27.4 Å². The topological polar surface area (TPSA) is 57.4 Å². The standard InChI is InChI=1S/C14H20N2O2S/c1-3-17-8-9(2)18-14-11(13(15)19)7-10-5-4-6-12(10)16-14/h7,9H,3-6,8H2,1-2H3,(H2,15,19).